The van der Waals surface area contributed by atoms with Crippen LogP contribution in [-0.4, -0.2) is 29.5 Å². The van der Waals surface area contributed by atoms with Crippen LogP contribution in [0.2, 0.25) is 0 Å². The molecule has 20 heavy (non-hydrogen) atoms. The molecule has 0 unspecified atom stereocenters. The van der Waals surface area contributed by atoms with Crippen LogP contribution in [0.3, 0.4) is 0 Å². The zero-order valence-corrected chi connectivity index (χ0v) is 11.2. The third-order valence-electron chi connectivity index (χ3n) is 2.60. The van der Waals surface area contributed by atoms with E-state index < -0.39 is 0 Å². The Bertz CT molecular complexity index is 576. The van der Waals surface area contributed by atoms with Gasteiger partial charge in [0.2, 0.25) is 0 Å². The van der Waals surface area contributed by atoms with Gasteiger partial charge in [-0.05, 0) is 18.2 Å². The molecule has 0 N–H and O–H groups in total. The number of nitrogens with zero attached hydrogens (tertiary/aromatic N) is 2. The Morgan fingerprint density at radius 2 is 2.15 bits per heavy atom. The third-order valence-corrected chi connectivity index (χ3v) is 2.60. The summed E-state index contributed by atoms with van der Waals surface area (Å²) in [5.41, 5.74) is 0.843. The van der Waals surface area contributed by atoms with E-state index in [0.29, 0.717) is 13.2 Å². The van der Waals surface area contributed by atoms with Crippen LogP contribution in [0.25, 0.3) is 6.08 Å². The van der Waals surface area contributed by atoms with Gasteiger partial charge in [-0.1, -0.05) is 18.2 Å². The maximum atomic E-state index is 11.0. The molecule has 0 radical (unpaired) electrons. The number of para-hydroxylation sites is 1. The number of hydrogen-bond acceptors (Lipinski definition) is 4. The predicted octanol–water partition coefficient (Wildman–Crippen LogP) is 2.15. The van der Waals surface area contributed by atoms with Gasteiger partial charge in [0.05, 0.1) is 19.9 Å². The lowest BCUT2D eigenvalue weighted by molar-refractivity contribution is -0.134. The van der Waals surface area contributed by atoms with E-state index in [0.717, 1.165) is 11.3 Å². The van der Waals surface area contributed by atoms with Gasteiger partial charge in [0.15, 0.2) is 0 Å². The maximum absolute atomic E-state index is 11.0. The highest BCUT2D eigenvalue weighted by atomic mass is 16.5. The van der Waals surface area contributed by atoms with Gasteiger partial charge in [0.1, 0.15) is 12.4 Å². The SMILES string of the molecule is COC(=O)/C=C/c1cnn(CCOc2ccccc2)c1. The number of methoxy groups -OCH3 is 1. The highest BCUT2D eigenvalue weighted by Crippen LogP contribution is 2.08. The summed E-state index contributed by atoms with van der Waals surface area (Å²) in [7, 11) is 1.34. The van der Waals surface area contributed by atoms with Crippen LogP contribution in [0.5, 0.6) is 5.75 Å². The number of ether oxygens (including phenoxy) is 2. The van der Waals surface area contributed by atoms with Gasteiger partial charge < -0.3 is 9.47 Å². The van der Waals surface area contributed by atoms with Gasteiger partial charge in [-0.3, -0.25) is 4.68 Å². The molecule has 2 rings (SSSR count). The minimum atomic E-state index is -0.384. The van der Waals surface area contributed by atoms with Crippen LogP contribution in [0.4, 0.5) is 0 Å². The Balaban J connectivity index is 1.81. The molecule has 0 bridgehead atoms. The molecule has 0 amide bonds. The first-order valence-electron chi connectivity index (χ1n) is 6.24. The molecule has 1 aromatic carbocycles. The quantitative estimate of drug-likeness (QED) is 0.597. The average molecular weight is 272 g/mol. The van der Waals surface area contributed by atoms with E-state index in [2.05, 4.69) is 9.84 Å². The van der Waals surface area contributed by atoms with Crippen molar-refractivity contribution in [3.63, 3.8) is 0 Å². The summed E-state index contributed by atoms with van der Waals surface area (Å²) in [5, 5.41) is 4.18. The molecule has 0 spiro atoms. The Hall–Kier alpha value is -2.56. The van der Waals surface area contributed by atoms with Gasteiger partial charge in [0, 0.05) is 17.8 Å². The Morgan fingerprint density at radius 1 is 1.35 bits per heavy atom. The van der Waals surface area contributed by atoms with Gasteiger partial charge in [0.25, 0.3) is 0 Å². The van der Waals surface area contributed by atoms with Crippen molar-refractivity contribution >= 4 is 12.0 Å². The van der Waals surface area contributed by atoms with E-state index >= 15 is 0 Å². The lowest BCUT2D eigenvalue weighted by Crippen LogP contribution is -2.08. The first kappa shape index (κ1) is 13.9. The summed E-state index contributed by atoms with van der Waals surface area (Å²) in [6.45, 7) is 1.17. The van der Waals surface area contributed by atoms with Gasteiger partial charge in [-0.15, -0.1) is 0 Å². The monoisotopic (exact) mass is 272 g/mol. The first-order valence-corrected chi connectivity index (χ1v) is 6.24. The van der Waals surface area contributed by atoms with E-state index in [-0.39, 0.29) is 5.97 Å². The number of hydrogen-bond donors (Lipinski definition) is 0. The molecule has 0 aliphatic rings. The highest BCUT2D eigenvalue weighted by Gasteiger charge is 1.98. The molecule has 0 aliphatic heterocycles. The van der Waals surface area contributed by atoms with E-state index in [1.165, 1.54) is 13.2 Å². The normalized spacial score (nSPS) is 10.7. The fourth-order valence-electron chi connectivity index (χ4n) is 1.59. The van der Waals surface area contributed by atoms with Gasteiger partial charge in [-0.2, -0.15) is 5.10 Å². The summed E-state index contributed by atoms with van der Waals surface area (Å²) in [6.07, 6.45) is 6.55. The Kier molecular flexibility index (Phi) is 4.94. The summed E-state index contributed by atoms with van der Waals surface area (Å²) in [4.78, 5) is 11.0. The number of esters is 1. The van der Waals surface area contributed by atoms with Crippen molar-refractivity contribution in [3.8, 4) is 5.75 Å². The number of carbonyl (C=O) groups excluding carboxylic acids is 1. The number of aromatic nitrogens is 2. The zero-order valence-electron chi connectivity index (χ0n) is 11.2. The van der Waals surface area contributed by atoms with Crippen LogP contribution in [-0.2, 0) is 16.1 Å². The fraction of sp³-hybridized carbons (Fsp3) is 0.200. The Labute approximate surface area is 117 Å². The summed E-state index contributed by atoms with van der Waals surface area (Å²) < 4.78 is 11.9. The lowest BCUT2D eigenvalue weighted by atomic mass is 10.3. The molecular weight excluding hydrogens is 256 g/mol. The standard InChI is InChI=1S/C15H16N2O3/c1-19-15(18)8-7-13-11-16-17(12-13)9-10-20-14-5-3-2-4-6-14/h2-8,11-12H,9-10H2,1H3/b8-7+. The molecule has 5 nitrogen and oxygen atoms in total. The molecule has 0 fully saturated rings. The first-order chi connectivity index (χ1) is 9.78. The maximum Gasteiger partial charge on any atom is 0.330 e. The van der Waals surface area contributed by atoms with Crippen molar-refractivity contribution in [3.05, 3.63) is 54.4 Å². The van der Waals surface area contributed by atoms with Crippen molar-refractivity contribution in [1.29, 1.82) is 0 Å². The van der Waals surface area contributed by atoms with E-state index in [9.17, 15) is 4.79 Å². The second-order valence-electron chi connectivity index (χ2n) is 4.05. The van der Waals surface area contributed by atoms with Crippen molar-refractivity contribution in [2.75, 3.05) is 13.7 Å². The zero-order chi connectivity index (χ0) is 14.2. The molecular formula is C15H16N2O3. The van der Waals surface area contributed by atoms with E-state index in [4.69, 9.17) is 4.74 Å². The van der Waals surface area contributed by atoms with Crippen molar-refractivity contribution in [1.82, 2.24) is 9.78 Å². The number of rotatable bonds is 6. The average Bonchev–Trinajstić information content (AvgIpc) is 2.94. The molecule has 0 saturated heterocycles. The summed E-state index contributed by atoms with van der Waals surface area (Å²) >= 11 is 0. The molecule has 1 heterocycles. The lowest BCUT2D eigenvalue weighted by Gasteiger charge is -2.05. The van der Waals surface area contributed by atoms with Crippen molar-refractivity contribution in [2.24, 2.45) is 0 Å². The third kappa shape index (κ3) is 4.28. The molecule has 5 heteroatoms. The van der Waals surface area contributed by atoms with Crippen molar-refractivity contribution < 1.29 is 14.3 Å². The summed E-state index contributed by atoms with van der Waals surface area (Å²) in [6, 6.07) is 9.62. The second kappa shape index (κ2) is 7.13. The van der Waals surface area contributed by atoms with Crippen LogP contribution in [0, 0.1) is 0 Å². The van der Waals surface area contributed by atoms with Gasteiger partial charge >= 0.3 is 5.97 Å². The predicted molar refractivity (Wildman–Crippen MR) is 75.2 cm³/mol. The summed E-state index contributed by atoms with van der Waals surface area (Å²) in [5.74, 6) is 0.454. The minimum Gasteiger partial charge on any atom is -0.492 e. The van der Waals surface area contributed by atoms with Gasteiger partial charge in [-0.25, -0.2) is 4.79 Å². The Morgan fingerprint density at radius 3 is 2.90 bits per heavy atom. The van der Waals surface area contributed by atoms with E-state index in [1.54, 1.807) is 17.0 Å². The molecule has 0 saturated carbocycles. The molecule has 1 aromatic heterocycles. The number of benzene rings is 1. The van der Waals surface area contributed by atoms with Crippen LogP contribution in [0.15, 0.2) is 48.8 Å². The molecule has 0 atom stereocenters. The van der Waals surface area contributed by atoms with Crippen molar-refractivity contribution in [2.45, 2.75) is 6.54 Å². The topological polar surface area (TPSA) is 53.3 Å². The minimum absolute atomic E-state index is 0.384. The number of carbonyl (C=O) groups is 1. The van der Waals surface area contributed by atoms with Crippen LogP contribution in [0.1, 0.15) is 5.56 Å². The largest absolute Gasteiger partial charge is 0.492 e. The van der Waals surface area contributed by atoms with E-state index in [1.807, 2.05) is 36.5 Å². The molecule has 2 aromatic rings. The van der Waals surface area contributed by atoms with Crippen LogP contribution < -0.4 is 4.74 Å². The second-order valence-corrected chi connectivity index (χ2v) is 4.05. The van der Waals surface area contributed by atoms with Crippen LogP contribution >= 0.6 is 0 Å². The fourth-order valence-corrected chi connectivity index (χ4v) is 1.59. The highest BCUT2D eigenvalue weighted by molar-refractivity contribution is 5.86. The molecule has 0 aliphatic carbocycles. The smallest absolute Gasteiger partial charge is 0.330 e. The molecule has 104 valence electrons.